The van der Waals surface area contributed by atoms with E-state index in [4.69, 9.17) is 4.74 Å². The van der Waals surface area contributed by atoms with Crippen LogP contribution in [0.5, 0.6) is 0 Å². The lowest BCUT2D eigenvalue weighted by Gasteiger charge is -2.15. The molecule has 0 fully saturated rings. The van der Waals surface area contributed by atoms with Crippen LogP contribution in [0.25, 0.3) is 0 Å². The first-order valence-corrected chi connectivity index (χ1v) is 6.50. The van der Waals surface area contributed by atoms with Gasteiger partial charge in [-0.15, -0.1) is 0 Å². The number of benzene rings is 1. The Kier molecular flexibility index (Phi) is 6.74. The number of halogens is 2. The number of likely N-dealkylation sites (N-methyl/N-ethyl adjacent to an activating group) is 1. The molecule has 7 heteroatoms. The molecule has 0 aliphatic heterocycles. The molecule has 1 aromatic rings. The number of nitrogens with one attached hydrogen (secondary N) is 1. The smallest absolute Gasteiger partial charge is 0.307 e. The Morgan fingerprint density at radius 3 is 2.43 bits per heavy atom. The topological polar surface area (TPSA) is 58.6 Å². The highest BCUT2D eigenvalue weighted by atomic mass is 19.1. The second-order valence-electron chi connectivity index (χ2n) is 4.50. The van der Waals surface area contributed by atoms with Crippen LogP contribution >= 0.6 is 0 Å². The van der Waals surface area contributed by atoms with Gasteiger partial charge in [0.05, 0.1) is 19.6 Å². The molecule has 116 valence electrons. The van der Waals surface area contributed by atoms with Gasteiger partial charge in [-0.3, -0.25) is 14.5 Å². The highest BCUT2D eigenvalue weighted by Gasteiger charge is 2.10. The third-order valence-corrected chi connectivity index (χ3v) is 2.56. The predicted octanol–water partition coefficient (Wildman–Crippen LogP) is 1.79. The molecular weight excluding hydrogens is 282 g/mol. The van der Waals surface area contributed by atoms with Crippen LogP contribution < -0.4 is 5.32 Å². The van der Waals surface area contributed by atoms with Gasteiger partial charge in [0, 0.05) is 18.3 Å². The Balaban J connectivity index is 2.40. The summed E-state index contributed by atoms with van der Waals surface area (Å²) in [4.78, 5) is 24.5. The van der Waals surface area contributed by atoms with Gasteiger partial charge in [0.2, 0.25) is 5.91 Å². The predicted molar refractivity (Wildman–Crippen MR) is 73.7 cm³/mol. The average Bonchev–Trinajstić information content (AvgIpc) is 2.35. The largest absolute Gasteiger partial charge is 0.466 e. The van der Waals surface area contributed by atoms with Crippen LogP contribution in [0.1, 0.15) is 13.3 Å². The first kappa shape index (κ1) is 17.0. The van der Waals surface area contributed by atoms with Crippen LogP contribution in [0.3, 0.4) is 0 Å². The second kappa shape index (κ2) is 8.31. The number of carbonyl (C=O) groups is 2. The van der Waals surface area contributed by atoms with Gasteiger partial charge in [-0.1, -0.05) is 0 Å². The minimum atomic E-state index is -0.763. The Morgan fingerprint density at radius 1 is 1.24 bits per heavy atom. The summed E-state index contributed by atoms with van der Waals surface area (Å²) >= 11 is 0. The van der Waals surface area contributed by atoms with Crippen molar-refractivity contribution in [2.45, 2.75) is 13.3 Å². The molecule has 1 amide bonds. The summed E-state index contributed by atoms with van der Waals surface area (Å²) in [5.41, 5.74) is 0.0521. The lowest BCUT2D eigenvalue weighted by atomic mass is 10.3. The van der Waals surface area contributed by atoms with Gasteiger partial charge in [0.25, 0.3) is 0 Å². The van der Waals surface area contributed by atoms with Crippen LogP contribution in [0, 0.1) is 11.6 Å². The van der Waals surface area contributed by atoms with Crippen LogP contribution in [-0.2, 0) is 14.3 Å². The summed E-state index contributed by atoms with van der Waals surface area (Å²) in [6.07, 6.45) is 0.173. The first-order valence-electron chi connectivity index (χ1n) is 6.50. The van der Waals surface area contributed by atoms with Crippen LogP contribution in [0.15, 0.2) is 18.2 Å². The van der Waals surface area contributed by atoms with Crippen molar-refractivity contribution in [3.63, 3.8) is 0 Å². The number of esters is 1. The van der Waals surface area contributed by atoms with E-state index in [1.165, 1.54) is 0 Å². The summed E-state index contributed by atoms with van der Waals surface area (Å²) in [6, 6.07) is 2.78. The van der Waals surface area contributed by atoms with E-state index in [0.717, 1.165) is 18.2 Å². The highest BCUT2D eigenvalue weighted by Crippen LogP contribution is 2.12. The fourth-order valence-corrected chi connectivity index (χ4v) is 1.67. The van der Waals surface area contributed by atoms with Crippen LogP contribution in [-0.4, -0.2) is 43.5 Å². The third kappa shape index (κ3) is 6.80. The Hall–Kier alpha value is -2.02. The van der Waals surface area contributed by atoms with E-state index >= 15 is 0 Å². The van der Waals surface area contributed by atoms with E-state index in [-0.39, 0.29) is 24.6 Å². The lowest BCUT2D eigenvalue weighted by molar-refractivity contribution is -0.143. The molecule has 0 saturated carbocycles. The van der Waals surface area contributed by atoms with Gasteiger partial charge < -0.3 is 10.1 Å². The van der Waals surface area contributed by atoms with Crippen LogP contribution in [0.4, 0.5) is 14.5 Å². The molecule has 0 bridgehead atoms. The molecule has 0 spiro atoms. The van der Waals surface area contributed by atoms with Crippen molar-refractivity contribution in [3.8, 4) is 0 Å². The maximum absolute atomic E-state index is 13.0. The van der Waals surface area contributed by atoms with Gasteiger partial charge in [0.15, 0.2) is 0 Å². The quantitative estimate of drug-likeness (QED) is 0.780. The van der Waals surface area contributed by atoms with Gasteiger partial charge in [0.1, 0.15) is 11.6 Å². The molecule has 0 radical (unpaired) electrons. The van der Waals surface area contributed by atoms with Gasteiger partial charge in [-0.25, -0.2) is 8.78 Å². The molecule has 0 heterocycles. The normalized spacial score (nSPS) is 10.5. The highest BCUT2D eigenvalue weighted by molar-refractivity contribution is 5.92. The Bertz CT molecular complexity index is 489. The molecular formula is C14H18F2N2O3. The van der Waals surface area contributed by atoms with Crippen molar-refractivity contribution < 1.29 is 23.1 Å². The van der Waals surface area contributed by atoms with Crippen molar-refractivity contribution in [1.82, 2.24) is 4.90 Å². The third-order valence-electron chi connectivity index (χ3n) is 2.56. The van der Waals surface area contributed by atoms with E-state index in [1.54, 1.807) is 18.9 Å². The fraction of sp³-hybridized carbons (Fsp3) is 0.429. The SMILES string of the molecule is CCOC(=O)CCN(C)CC(=O)Nc1cc(F)cc(F)c1. The standard InChI is InChI=1S/C14H18F2N2O3/c1-3-21-14(20)4-5-18(2)9-13(19)17-12-7-10(15)6-11(16)8-12/h6-8H,3-5,9H2,1-2H3,(H,17,19). The molecule has 1 N–H and O–H groups in total. The van der Waals surface area contributed by atoms with E-state index in [0.29, 0.717) is 13.2 Å². The molecule has 1 rings (SSSR count). The summed E-state index contributed by atoms with van der Waals surface area (Å²) < 4.78 is 30.7. The van der Waals surface area contributed by atoms with Crippen molar-refractivity contribution in [1.29, 1.82) is 0 Å². The molecule has 0 unspecified atom stereocenters. The molecule has 5 nitrogen and oxygen atoms in total. The zero-order valence-electron chi connectivity index (χ0n) is 12.0. The summed E-state index contributed by atoms with van der Waals surface area (Å²) in [7, 11) is 1.66. The number of amides is 1. The maximum Gasteiger partial charge on any atom is 0.307 e. The Morgan fingerprint density at radius 2 is 1.86 bits per heavy atom. The number of anilines is 1. The number of carbonyl (C=O) groups excluding carboxylic acids is 2. The lowest BCUT2D eigenvalue weighted by Crippen LogP contribution is -2.32. The minimum absolute atomic E-state index is 0.00244. The molecule has 21 heavy (non-hydrogen) atoms. The van der Waals surface area contributed by atoms with Crippen molar-refractivity contribution in [2.24, 2.45) is 0 Å². The van der Waals surface area contributed by atoms with Crippen molar-refractivity contribution in [3.05, 3.63) is 29.8 Å². The summed E-state index contributed by atoms with van der Waals surface area (Å²) in [6.45, 7) is 2.38. The molecule has 0 aromatic heterocycles. The molecule has 0 atom stereocenters. The Labute approximate surface area is 121 Å². The first-order chi connectivity index (χ1) is 9.90. The molecule has 0 aliphatic rings. The molecule has 1 aromatic carbocycles. The second-order valence-corrected chi connectivity index (χ2v) is 4.50. The average molecular weight is 300 g/mol. The van der Waals surface area contributed by atoms with E-state index in [2.05, 4.69) is 5.32 Å². The summed E-state index contributed by atoms with van der Waals surface area (Å²) in [5, 5.41) is 2.39. The monoisotopic (exact) mass is 300 g/mol. The molecule has 0 saturated heterocycles. The fourth-order valence-electron chi connectivity index (χ4n) is 1.67. The maximum atomic E-state index is 13.0. The van der Waals surface area contributed by atoms with Crippen LogP contribution in [0.2, 0.25) is 0 Å². The van der Waals surface area contributed by atoms with E-state index in [9.17, 15) is 18.4 Å². The van der Waals surface area contributed by atoms with Gasteiger partial charge in [-0.05, 0) is 26.1 Å². The van der Waals surface area contributed by atoms with E-state index < -0.39 is 17.5 Å². The summed E-state index contributed by atoms with van der Waals surface area (Å²) in [5.74, 6) is -2.29. The van der Waals surface area contributed by atoms with Crippen molar-refractivity contribution >= 4 is 17.6 Å². The number of hydrogen-bond donors (Lipinski definition) is 1. The van der Waals surface area contributed by atoms with Gasteiger partial charge >= 0.3 is 5.97 Å². The number of ether oxygens (including phenoxy) is 1. The zero-order chi connectivity index (χ0) is 15.8. The minimum Gasteiger partial charge on any atom is -0.466 e. The molecule has 0 aliphatic carbocycles. The zero-order valence-corrected chi connectivity index (χ0v) is 12.0. The van der Waals surface area contributed by atoms with E-state index in [1.807, 2.05) is 0 Å². The number of hydrogen-bond acceptors (Lipinski definition) is 4. The number of nitrogens with zero attached hydrogens (tertiary/aromatic N) is 1. The van der Waals surface area contributed by atoms with Crippen molar-refractivity contribution in [2.75, 3.05) is 32.1 Å². The van der Waals surface area contributed by atoms with Gasteiger partial charge in [-0.2, -0.15) is 0 Å². The number of rotatable bonds is 7.